The SMILES string of the molecule is C=CCn1c(SCc2ccc(Cl)cc2)nc2sccc2c1=O. The topological polar surface area (TPSA) is 34.9 Å². The minimum atomic E-state index is -0.00949. The summed E-state index contributed by atoms with van der Waals surface area (Å²) in [6, 6.07) is 9.51. The average Bonchev–Trinajstić information content (AvgIpc) is 2.99. The molecule has 0 atom stereocenters. The molecule has 0 fully saturated rings. The van der Waals surface area contributed by atoms with Crippen LogP contribution in [0, 0.1) is 0 Å². The fourth-order valence-electron chi connectivity index (χ4n) is 2.06. The molecule has 22 heavy (non-hydrogen) atoms. The van der Waals surface area contributed by atoms with Crippen molar-refractivity contribution in [3.05, 3.63) is 69.3 Å². The molecule has 0 spiro atoms. The number of thiophene rings is 1. The number of hydrogen-bond acceptors (Lipinski definition) is 4. The van der Waals surface area contributed by atoms with Crippen LogP contribution in [0.3, 0.4) is 0 Å². The minimum absolute atomic E-state index is 0.00949. The summed E-state index contributed by atoms with van der Waals surface area (Å²) in [7, 11) is 0. The van der Waals surface area contributed by atoms with E-state index in [2.05, 4.69) is 11.6 Å². The molecule has 3 nitrogen and oxygen atoms in total. The Kier molecular flexibility index (Phi) is 4.66. The third kappa shape index (κ3) is 3.11. The maximum absolute atomic E-state index is 12.5. The summed E-state index contributed by atoms with van der Waals surface area (Å²) in [5.41, 5.74) is 1.13. The molecule has 0 aliphatic heterocycles. The fourth-order valence-corrected chi connectivity index (χ4v) is 3.95. The molecule has 3 rings (SSSR count). The van der Waals surface area contributed by atoms with E-state index in [0.717, 1.165) is 26.3 Å². The van der Waals surface area contributed by atoms with Crippen LogP contribution in [0.5, 0.6) is 0 Å². The lowest BCUT2D eigenvalue weighted by molar-refractivity contribution is 0.673. The van der Waals surface area contributed by atoms with Crippen LogP contribution in [-0.4, -0.2) is 9.55 Å². The highest BCUT2D eigenvalue weighted by Crippen LogP contribution is 2.24. The third-order valence-electron chi connectivity index (χ3n) is 3.14. The zero-order valence-corrected chi connectivity index (χ0v) is 14.0. The van der Waals surface area contributed by atoms with Crippen LogP contribution < -0.4 is 5.56 Å². The van der Waals surface area contributed by atoms with Gasteiger partial charge in [-0.1, -0.05) is 41.6 Å². The Bertz CT molecular complexity index is 868. The highest BCUT2D eigenvalue weighted by atomic mass is 35.5. The molecular weight excluding hydrogens is 336 g/mol. The molecule has 0 aliphatic carbocycles. The van der Waals surface area contributed by atoms with E-state index in [-0.39, 0.29) is 5.56 Å². The Morgan fingerprint density at radius 1 is 1.32 bits per heavy atom. The first kappa shape index (κ1) is 15.3. The second-order valence-electron chi connectivity index (χ2n) is 4.65. The molecule has 0 bridgehead atoms. The van der Waals surface area contributed by atoms with Crippen LogP contribution in [0.4, 0.5) is 0 Å². The number of aromatic nitrogens is 2. The average molecular weight is 349 g/mol. The van der Waals surface area contributed by atoms with Crippen molar-refractivity contribution in [3.8, 4) is 0 Å². The molecule has 2 aromatic heterocycles. The van der Waals surface area contributed by atoms with Crippen molar-refractivity contribution in [1.29, 1.82) is 0 Å². The highest BCUT2D eigenvalue weighted by Gasteiger charge is 2.11. The number of benzene rings is 1. The smallest absolute Gasteiger partial charge is 0.263 e. The number of allylic oxidation sites excluding steroid dienone is 1. The van der Waals surface area contributed by atoms with Gasteiger partial charge in [-0.25, -0.2) is 4.98 Å². The summed E-state index contributed by atoms with van der Waals surface area (Å²) in [5.74, 6) is 0.734. The van der Waals surface area contributed by atoms with Gasteiger partial charge in [-0.15, -0.1) is 17.9 Å². The van der Waals surface area contributed by atoms with E-state index >= 15 is 0 Å². The first-order valence-corrected chi connectivity index (χ1v) is 8.89. The Hall–Kier alpha value is -1.56. The first-order valence-electron chi connectivity index (χ1n) is 6.65. The molecule has 0 amide bonds. The highest BCUT2D eigenvalue weighted by molar-refractivity contribution is 7.98. The lowest BCUT2D eigenvalue weighted by Gasteiger charge is -2.10. The van der Waals surface area contributed by atoms with Crippen molar-refractivity contribution in [2.75, 3.05) is 0 Å². The lowest BCUT2D eigenvalue weighted by Crippen LogP contribution is -2.22. The van der Waals surface area contributed by atoms with Gasteiger partial charge < -0.3 is 0 Å². The molecule has 0 unspecified atom stereocenters. The van der Waals surface area contributed by atoms with E-state index in [1.165, 1.54) is 11.3 Å². The second-order valence-corrected chi connectivity index (χ2v) is 6.93. The van der Waals surface area contributed by atoms with Gasteiger partial charge in [0.05, 0.1) is 5.39 Å². The van der Waals surface area contributed by atoms with E-state index in [4.69, 9.17) is 11.6 Å². The monoisotopic (exact) mass is 348 g/mol. The van der Waals surface area contributed by atoms with Gasteiger partial charge in [0, 0.05) is 17.3 Å². The van der Waals surface area contributed by atoms with E-state index in [1.54, 1.807) is 22.4 Å². The Morgan fingerprint density at radius 2 is 2.09 bits per heavy atom. The number of rotatable bonds is 5. The van der Waals surface area contributed by atoms with Crippen molar-refractivity contribution < 1.29 is 0 Å². The molecule has 0 N–H and O–H groups in total. The largest absolute Gasteiger partial charge is 0.283 e. The van der Waals surface area contributed by atoms with Gasteiger partial charge in [-0.2, -0.15) is 0 Å². The van der Waals surface area contributed by atoms with E-state index in [9.17, 15) is 4.79 Å². The van der Waals surface area contributed by atoms with Gasteiger partial charge in [0.25, 0.3) is 5.56 Å². The zero-order chi connectivity index (χ0) is 15.5. The molecule has 112 valence electrons. The minimum Gasteiger partial charge on any atom is -0.283 e. The predicted molar refractivity (Wildman–Crippen MR) is 95.1 cm³/mol. The van der Waals surface area contributed by atoms with Crippen molar-refractivity contribution in [3.63, 3.8) is 0 Å². The van der Waals surface area contributed by atoms with Gasteiger partial charge in [0.15, 0.2) is 5.16 Å². The van der Waals surface area contributed by atoms with Crippen molar-refractivity contribution in [2.24, 2.45) is 0 Å². The van der Waals surface area contributed by atoms with Crippen molar-refractivity contribution >= 4 is 44.9 Å². The van der Waals surface area contributed by atoms with Crippen LogP contribution >= 0.6 is 34.7 Å². The predicted octanol–water partition coefficient (Wildman–Crippen LogP) is 4.59. The van der Waals surface area contributed by atoms with E-state index in [0.29, 0.717) is 11.9 Å². The molecule has 0 saturated heterocycles. The summed E-state index contributed by atoms with van der Waals surface area (Å²) in [6.45, 7) is 4.18. The van der Waals surface area contributed by atoms with Crippen LogP contribution in [0.2, 0.25) is 5.02 Å². The quantitative estimate of drug-likeness (QED) is 0.384. The molecule has 0 aliphatic rings. The molecule has 3 aromatic rings. The standard InChI is InChI=1S/C16H13ClN2OS2/c1-2-8-19-15(20)13-7-9-21-14(13)18-16(19)22-10-11-3-5-12(17)6-4-11/h2-7,9H,1,8,10H2. The number of hydrogen-bond donors (Lipinski definition) is 0. The second kappa shape index (κ2) is 6.69. The van der Waals surface area contributed by atoms with E-state index in [1.807, 2.05) is 35.7 Å². The fraction of sp³-hybridized carbons (Fsp3) is 0.125. The Balaban J connectivity index is 1.94. The summed E-state index contributed by atoms with van der Waals surface area (Å²) < 4.78 is 1.67. The van der Waals surface area contributed by atoms with Crippen molar-refractivity contribution in [2.45, 2.75) is 17.5 Å². The van der Waals surface area contributed by atoms with Crippen LogP contribution in [0.25, 0.3) is 10.2 Å². The normalized spacial score (nSPS) is 11.0. The van der Waals surface area contributed by atoms with Gasteiger partial charge in [0.2, 0.25) is 0 Å². The van der Waals surface area contributed by atoms with E-state index < -0.39 is 0 Å². The van der Waals surface area contributed by atoms with Gasteiger partial charge >= 0.3 is 0 Å². The number of fused-ring (bicyclic) bond motifs is 1. The van der Waals surface area contributed by atoms with Crippen molar-refractivity contribution in [1.82, 2.24) is 9.55 Å². The maximum atomic E-state index is 12.5. The first-order chi connectivity index (χ1) is 10.7. The molecule has 6 heteroatoms. The van der Waals surface area contributed by atoms with Crippen LogP contribution in [0.1, 0.15) is 5.56 Å². The molecule has 1 aromatic carbocycles. The molecule has 0 radical (unpaired) electrons. The summed E-state index contributed by atoms with van der Waals surface area (Å²) in [5, 5.41) is 4.00. The number of thioether (sulfide) groups is 1. The zero-order valence-electron chi connectivity index (χ0n) is 11.7. The summed E-state index contributed by atoms with van der Waals surface area (Å²) in [6.07, 6.45) is 1.72. The summed E-state index contributed by atoms with van der Waals surface area (Å²) >= 11 is 8.93. The summed E-state index contributed by atoms with van der Waals surface area (Å²) in [4.78, 5) is 17.9. The molecular formula is C16H13ClN2OS2. The van der Waals surface area contributed by atoms with Gasteiger partial charge in [0.1, 0.15) is 4.83 Å². The van der Waals surface area contributed by atoms with Crippen LogP contribution in [0.15, 0.2) is 58.3 Å². The number of nitrogens with zero attached hydrogens (tertiary/aromatic N) is 2. The number of halogens is 1. The van der Waals surface area contributed by atoms with Crippen LogP contribution in [-0.2, 0) is 12.3 Å². The Labute approximate surface area is 141 Å². The maximum Gasteiger partial charge on any atom is 0.263 e. The van der Waals surface area contributed by atoms with Gasteiger partial charge in [-0.3, -0.25) is 9.36 Å². The third-order valence-corrected chi connectivity index (χ3v) is 5.25. The Morgan fingerprint density at radius 3 is 2.82 bits per heavy atom. The molecule has 0 saturated carbocycles. The lowest BCUT2D eigenvalue weighted by atomic mass is 10.2. The van der Waals surface area contributed by atoms with Gasteiger partial charge in [-0.05, 0) is 29.1 Å². The molecule has 2 heterocycles.